The lowest BCUT2D eigenvalue weighted by molar-refractivity contribution is 0.0362. The maximum Gasteiger partial charge on any atom is 0.128 e. The summed E-state index contributed by atoms with van der Waals surface area (Å²) in [6.07, 6.45) is 9.87. The van der Waals surface area contributed by atoms with Crippen molar-refractivity contribution < 1.29 is 4.84 Å². The molecule has 1 aromatic rings. The SMILES string of the molecule is C#CCONC1CC(C)n2ccnc21. The van der Waals surface area contributed by atoms with Crippen molar-refractivity contribution in [1.82, 2.24) is 15.0 Å². The summed E-state index contributed by atoms with van der Waals surface area (Å²) in [5.41, 5.74) is 2.93. The molecule has 4 heteroatoms. The molecule has 0 radical (unpaired) electrons. The number of aromatic nitrogens is 2. The molecule has 1 N–H and O–H groups in total. The van der Waals surface area contributed by atoms with Gasteiger partial charge in [-0.25, -0.2) is 4.98 Å². The van der Waals surface area contributed by atoms with E-state index in [4.69, 9.17) is 11.3 Å². The highest BCUT2D eigenvalue weighted by atomic mass is 16.6. The lowest BCUT2D eigenvalue weighted by Gasteiger charge is -2.09. The van der Waals surface area contributed by atoms with Crippen molar-refractivity contribution in [2.75, 3.05) is 6.61 Å². The summed E-state index contributed by atoms with van der Waals surface area (Å²) in [6.45, 7) is 2.44. The zero-order valence-electron chi connectivity index (χ0n) is 8.10. The van der Waals surface area contributed by atoms with Crippen molar-refractivity contribution in [1.29, 1.82) is 0 Å². The number of imidazole rings is 1. The van der Waals surface area contributed by atoms with E-state index < -0.39 is 0 Å². The highest BCUT2D eigenvalue weighted by Gasteiger charge is 2.28. The fourth-order valence-corrected chi connectivity index (χ4v) is 1.81. The predicted octanol–water partition coefficient (Wildman–Crippen LogP) is 1.04. The minimum absolute atomic E-state index is 0.161. The molecule has 0 amide bonds. The number of rotatable bonds is 3. The van der Waals surface area contributed by atoms with Crippen molar-refractivity contribution in [3.05, 3.63) is 18.2 Å². The summed E-state index contributed by atoms with van der Waals surface area (Å²) >= 11 is 0. The van der Waals surface area contributed by atoms with Crippen molar-refractivity contribution >= 4 is 0 Å². The monoisotopic (exact) mass is 191 g/mol. The number of nitrogens with zero attached hydrogens (tertiary/aromatic N) is 2. The van der Waals surface area contributed by atoms with Crippen LogP contribution < -0.4 is 5.48 Å². The first-order valence-corrected chi connectivity index (χ1v) is 4.66. The van der Waals surface area contributed by atoms with E-state index in [0.29, 0.717) is 6.04 Å². The van der Waals surface area contributed by atoms with Gasteiger partial charge in [-0.15, -0.1) is 6.42 Å². The van der Waals surface area contributed by atoms with Crippen molar-refractivity contribution in [2.45, 2.75) is 25.4 Å². The lowest BCUT2D eigenvalue weighted by atomic mass is 10.2. The topological polar surface area (TPSA) is 39.1 Å². The Balaban J connectivity index is 2.01. The number of hydrogen-bond acceptors (Lipinski definition) is 3. The Morgan fingerprint density at radius 3 is 3.50 bits per heavy atom. The summed E-state index contributed by atoms with van der Waals surface area (Å²) in [5.74, 6) is 3.43. The molecule has 74 valence electrons. The minimum atomic E-state index is 0.161. The standard InChI is InChI=1S/C10H13N3O/c1-3-6-14-12-9-7-8(2)13-5-4-11-10(9)13/h1,4-5,8-9,12H,6-7H2,2H3. The van der Waals surface area contributed by atoms with Gasteiger partial charge in [0.1, 0.15) is 12.4 Å². The molecule has 0 aromatic carbocycles. The molecule has 1 aliphatic heterocycles. The molecule has 2 unspecified atom stereocenters. The maximum atomic E-state index is 5.10. The van der Waals surface area contributed by atoms with Gasteiger partial charge in [0.15, 0.2) is 0 Å². The first kappa shape index (κ1) is 9.25. The van der Waals surface area contributed by atoms with Crippen LogP contribution in [0.25, 0.3) is 0 Å². The molecule has 4 nitrogen and oxygen atoms in total. The van der Waals surface area contributed by atoms with Crippen LogP contribution in [0.1, 0.15) is 31.3 Å². The van der Waals surface area contributed by atoms with Gasteiger partial charge in [0.05, 0.1) is 6.04 Å². The van der Waals surface area contributed by atoms with Crippen LogP contribution in [0.5, 0.6) is 0 Å². The van der Waals surface area contributed by atoms with Gasteiger partial charge in [0, 0.05) is 18.4 Å². The third-order valence-electron chi connectivity index (χ3n) is 2.44. The maximum absolute atomic E-state index is 5.10. The largest absolute Gasteiger partial charge is 0.331 e. The van der Waals surface area contributed by atoms with E-state index >= 15 is 0 Å². The van der Waals surface area contributed by atoms with Gasteiger partial charge in [-0.3, -0.25) is 4.84 Å². The van der Waals surface area contributed by atoms with Gasteiger partial charge in [-0.05, 0) is 13.3 Å². The van der Waals surface area contributed by atoms with Gasteiger partial charge < -0.3 is 4.57 Å². The summed E-state index contributed by atoms with van der Waals surface area (Å²) in [6, 6.07) is 0.632. The third kappa shape index (κ3) is 1.52. The predicted molar refractivity (Wildman–Crippen MR) is 52.2 cm³/mol. The summed E-state index contributed by atoms with van der Waals surface area (Å²) in [4.78, 5) is 9.38. The van der Waals surface area contributed by atoms with Crippen LogP contribution in [0, 0.1) is 12.3 Å². The minimum Gasteiger partial charge on any atom is -0.331 e. The molecule has 2 atom stereocenters. The van der Waals surface area contributed by atoms with Gasteiger partial charge in [0.2, 0.25) is 0 Å². The number of terminal acetylenes is 1. The van der Waals surface area contributed by atoms with Gasteiger partial charge in [-0.2, -0.15) is 5.48 Å². The number of nitrogens with one attached hydrogen (secondary N) is 1. The molecule has 14 heavy (non-hydrogen) atoms. The van der Waals surface area contributed by atoms with E-state index in [2.05, 4.69) is 27.9 Å². The highest BCUT2D eigenvalue weighted by Crippen LogP contribution is 2.32. The van der Waals surface area contributed by atoms with Gasteiger partial charge in [0.25, 0.3) is 0 Å². The van der Waals surface area contributed by atoms with Crippen LogP contribution in [-0.4, -0.2) is 16.2 Å². The lowest BCUT2D eigenvalue weighted by Crippen LogP contribution is -2.20. The second-order valence-corrected chi connectivity index (χ2v) is 3.44. The Labute approximate surface area is 83.2 Å². The van der Waals surface area contributed by atoms with E-state index in [-0.39, 0.29) is 12.6 Å². The fraction of sp³-hybridized carbons (Fsp3) is 0.500. The number of hydroxylamine groups is 1. The second kappa shape index (κ2) is 3.82. The van der Waals surface area contributed by atoms with E-state index in [1.165, 1.54) is 0 Å². The molecular formula is C10H13N3O. The average Bonchev–Trinajstić information content (AvgIpc) is 2.72. The Kier molecular flexibility index (Phi) is 2.53. The Hall–Kier alpha value is -1.31. The van der Waals surface area contributed by atoms with E-state index in [9.17, 15) is 0 Å². The van der Waals surface area contributed by atoms with Crippen molar-refractivity contribution in [3.63, 3.8) is 0 Å². The van der Waals surface area contributed by atoms with Gasteiger partial charge >= 0.3 is 0 Å². The summed E-state index contributed by atoms with van der Waals surface area (Å²) < 4.78 is 2.15. The molecule has 0 bridgehead atoms. The molecule has 1 aromatic heterocycles. The first-order chi connectivity index (χ1) is 6.83. The Bertz CT molecular complexity index is 352. The molecular weight excluding hydrogens is 178 g/mol. The smallest absolute Gasteiger partial charge is 0.128 e. The molecule has 2 heterocycles. The second-order valence-electron chi connectivity index (χ2n) is 3.44. The molecule has 0 saturated heterocycles. The van der Waals surface area contributed by atoms with E-state index in [1.54, 1.807) is 6.20 Å². The zero-order chi connectivity index (χ0) is 9.97. The van der Waals surface area contributed by atoms with E-state index in [1.807, 2.05) is 6.20 Å². The summed E-state index contributed by atoms with van der Waals surface area (Å²) in [5, 5.41) is 0. The summed E-state index contributed by atoms with van der Waals surface area (Å²) in [7, 11) is 0. The van der Waals surface area contributed by atoms with Crippen LogP contribution in [0.15, 0.2) is 12.4 Å². The van der Waals surface area contributed by atoms with Crippen LogP contribution >= 0.6 is 0 Å². The molecule has 0 aliphatic carbocycles. The zero-order valence-corrected chi connectivity index (χ0v) is 8.10. The van der Waals surface area contributed by atoms with Crippen LogP contribution in [0.3, 0.4) is 0 Å². The number of hydrogen-bond donors (Lipinski definition) is 1. The number of fused-ring (bicyclic) bond motifs is 1. The molecule has 2 rings (SSSR count). The normalized spacial score (nSPS) is 24.6. The molecule has 1 aliphatic rings. The first-order valence-electron chi connectivity index (χ1n) is 4.66. The Morgan fingerprint density at radius 2 is 2.71 bits per heavy atom. The Morgan fingerprint density at radius 1 is 1.86 bits per heavy atom. The van der Waals surface area contributed by atoms with Crippen molar-refractivity contribution in [2.24, 2.45) is 0 Å². The van der Waals surface area contributed by atoms with Crippen LogP contribution in [0.4, 0.5) is 0 Å². The van der Waals surface area contributed by atoms with Gasteiger partial charge in [-0.1, -0.05) is 5.92 Å². The molecule has 0 fully saturated rings. The quantitative estimate of drug-likeness (QED) is 0.441. The van der Waals surface area contributed by atoms with Crippen molar-refractivity contribution in [3.8, 4) is 12.3 Å². The highest BCUT2D eigenvalue weighted by molar-refractivity contribution is 5.06. The third-order valence-corrected chi connectivity index (χ3v) is 2.44. The fourth-order valence-electron chi connectivity index (χ4n) is 1.81. The van der Waals surface area contributed by atoms with Crippen LogP contribution in [-0.2, 0) is 4.84 Å². The molecule has 0 spiro atoms. The molecule has 0 saturated carbocycles. The average molecular weight is 191 g/mol. The van der Waals surface area contributed by atoms with Crippen LogP contribution in [0.2, 0.25) is 0 Å². The van der Waals surface area contributed by atoms with E-state index in [0.717, 1.165) is 12.2 Å².